The van der Waals surface area contributed by atoms with Crippen molar-refractivity contribution in [3.63, 3.8) is 0 Å². The number of hydrogen-bond donors (Lipinski definition) is 3. The molecule has 132 valence electrons. The lowest BCUT2D eigenvalue weighted by atomic mass is 10.2. The second-order valence-corrected chi connectivity index (χ2v) is 9.04. The Kier molecular flexibility index (Phi) is 4.08. The van der Waals surface area contributed by atoms with Crippen molar-refractivity contribution in [2.45, 2.75) is 16.7 Å². The summed E-state index contributed by atoms with van der Waals surface area (Å²) >= 11 is 0.888. The van der Waals surface area contributed by atoms with Gasteiger partial charge in [-0.3, -0.25) is 9.11 Å². The number of nitrogens with zero attached hydrogens (tertiary/aromatic N) is 1. The van der Waals surface area contributed by atoms with Crippen LogP contribution in [0.3, 0.4) is 0 Å². The van der Waals surface area contributed by atoms with Gasteiger partial charge >= 0.3 is 0 Å². The van der Waals surface area contributed by atoms with Crippen molar-refractivity contribution >= 4 is 47.5 Å². The summed E-state index contributed by atoms with van der Waals surface area (Å²) in [5.41, 5.74) is 6.47. The Morgan fingerprint density at radius 1 is 1.04 bits per heavy atom. The molecule has 0 spiro atoms. The zero-order valence-electron chi connectivity index (χ0n) is 12.7. The monoisotopic (exact) mass is 400 g/mol. The number of rotatable bonds is 3. The SMILES string of the molecule is Cc1cc(S(=O)(=O)O)c2nc(-c3ccc(N)cc3)sc2c1S(=O)(=O)O. The molecule has 0 aliphatic heterocycles. The first kappa shape index (κ1) is 17.8. The molecule has 11 heteroatoms. The number of fused-ring (bicyclic) bond motifs is 1. The average molecular weight is 400 g/mol. The van der Waals surface area contributed by atoms with Gasteiger partial charge in [-0.1, -0.05) is 0 Å². The highest BCUT2D eigenvalue weighted by Gasteiger charge is 2.27. The molecule has 0 atom stereocenters. The van der Waals surface area contributed by atoms with Crippen molar-refractivity contribution in [1.82, 2.24) is 4.98 Å². The lowest BCUT2D eigenvalue weighted by Crippen LogP contribution is -2.05. The van der Waals surface area contributed by atoms with Crippen LogP contribution in [0, 0.1) is 6.92 Å². The molecule has 0 radical (unpaired) electrons. The summed E-state index contributed by atoms with van der Waals surface area (Å²) < 4.78 is 65.6. The number of aryl methyl sites for hydroxylation is 1. The second kappa shape index (κ2) is 5.75. The van der Waals surface area contributed by atoms with Gasteiger partial charge in [0.1, 0.15) is 20.3 Å². The van der Waals surface area contributed by atoms with Crippen LogP contribution in [0.1, 0.15) is 5.56 Å². The lowest BCUT2D eigenvalue weighted by molar-refractivity contribution is 0.479. The number of thiazole rings is 1. The molecular weight excluding hydrogens is 388 g/mol. The molecule has 0 aliphatic rings. The molecule has 0 saturated heterocycles. The minimum absolute atomic E-state index is 0.0184. The molecule has 0 unspecified atom stereocenters. The topological polar surface area (TPSA) is 148 Å². The Balaban J connectivity index is 2.45. The fraction of sp³-hybridized carbons (Fsp3) is 0.0714. The van der Waals surface area contributed by atoms with E-state index in [-0.39, 0.29) is 15.8 Å². The number of anilines is 1. The van der Waals surface area contributed by atoms with E-state index in [9.17, 15) is 25.9 Å². The van der Waals surface area contributed by atoms with Crippen LogP contribution >= 0.6 is 11.3 Å². The highest BCUT2D eigenvalue weighted by Crippen LogP contribution is 2.39. The molecule has 25 heavy (non-hydrogen) atoms. The molecule has 0 fully saturated rings. The van der Waals surface area contributed by atoms with Crippen LogP contribution < -0.4 is 5.73 Å². The van der Waals surface area contributed by atoms with Crippen molar-refractivity contribution in [2.75, 3.05) is 5.73 Å². The Morgan fingerprint density at radius 2 is 1.64 bits per heavy atom. The summed E-state index contributed by atoms with van der Waals surface area (Å²) in [6.07, 6.45) is 0. The molecule has 4 N–H and O–H groups in total. The maximum atomic E-state index is 11.7. The Bertz CT molecular complexity index is 1200. The molecule has 0 saturated carbocycles. The third-order valence-corrected chi connectivity index (χ3v) is 6.63. The maximum Gasteiger partial charge on any atom is 0.296 e. The summed E-state index contributed by atoms with van der Waals surface area (Å²) in [6.45, 7) is 1.32. The van der Waals surface area contributed by atoms with Crippen LogP contribution in [0.25, 0.3) is 20.8 Å². The van der Waals surface area contributed by atoms with Gasteiger partial charge < -0.3 is 5.73 Å². The molecule has 0 amide bonds. The van der Waals surface area contributed by atoms with Crippen molar-refractivity contribution in [3.8, 4) is 10.6 Å². The van der Waals surface area contributed by atoms with E-state index >= 15 is 0 Å². The van der Waals surface area contributed by atoms with Crippen LogP contribution in [-0.4, -0.2) is 30.9 Å². The summed E-state index contributed by atoms with van der Waals surface area (Å²) in [5.74, 6) is 0. The van der Waals surface area contributed by atoms with Crippen LogP contribution in [0.15, 0.2) is 40.1 Å². The minimum atomic E-state index is -4.64. The van der Waals surface area contributed by atoms with E-state index in [0.29, 0.717) is 16.3 Å². The van der Waals surface area contributed by atoms with Crippen LogP contribution in [0.5, 0.6) is 0 Å². The molecule has 1 aromatic heterocycles. The van der Waals surface area contributed by atoms with E-state index in [0.717, 1.165) is 17.4 Å². The summed E-state index contributed by atoms with van der Waals surface area (Å²) in [4.78, 5) is 3.20. The Hall–Kier alpha value is -2.05. The largest absolute Gasteiger partial charge is 0.399 e. The van der Waals surface area contributed by atoms with Gasteiger partial charge in [0.2, 0.25) is 0 Å². The fourth-order valence-corrected chi connectivity index (χ4v) is 5.53. The molecule has 3 rings (SSSR count). The highest BCUT2D eigenvalue weighted by atomic mass is 32.2. The van der Waals surface area contributed by atoms with Gasteiger partial charge in [0, 0.05) is 11.3 Å². The van der Waals surface area contributed by atoms with E-state index in [1.807, 2.05) is 0 Å². The number of benzene rings is 2. The first-order valence-corrected chi connectivity index (χ1v) is 10.4. The second-order valence-electron chi connectivity index (χ2n) is 5.29. The standard InChI is InChI=1S/C14H12N2O6S3/c1-7-6-10(24(17,18)19)11-12(13(7)25(20,21)22)23-14(16-11)8-2-4-9(15)5-3-8/h2-6H,15H2,1H3,(H,17,18,19)(H,20,21,22). The predicted molar refractivity (Wildman–Crippen MR) is 93.8 cm³/mol. The highest BCUT2D eigenvalue weighted by molar-refractivity contribution is 7.86. The number of nitrogen functional groups attached to an aromatic ring is 1. The predicted octanol–water partition coefficient (Wildman–Crippen LogP) is 2.35. The van der Waals surface area contributed by atoms with Crippen molar-refractivity contribution in [3.05, 3.63) is 35.9 Å². The van der Waals surface area contributed by atoms with Gasteiger partial charge in [0.05, 0.1) is 4.70 Å². The smallest absolute Gasteiger partial charge is 0.296 e. The van der Waals surface area contributed by atoms with E-state index in [1.54, 1.807) is 24.3 Å². The van der Waals surface area contributed by atoms with Gasteiger partial charge in [-0.25, -0.2) is 4.98 Å². The molecule has 0 aliphatic carbocycles. The van der Waals surface area contributed by atoms with E-state index < -0.39 is 30.0 Å². The normalized spacial score (nSPS) is 12.6. The van der Waals surface area contributed by atoms with Gasteiger partial charge in [0.25, 0.3) is 20.2 Å². The van der Waals surface area contributed by atoms with Crippen LogP contribution in [0.2, 0.25) is 0 Å². The summed E-state index contributed by atoms with van der Waals surface area (Å²) in [6, 6.07) is 7.47. The third kappa shape index (κ3) is 3.24. The van der Waals surface area contributed by atoms with Gasteiger partial charge in [-0.05, 0) is 42.8 Å². The Labute approximate surface area is 147 Å². The maximum absolute atomic E-state index is 11.7. The van der Waals surface area contributed by atoms with Gasteiger partial charge in [-0.15, -0.1) is 11.3 Å². The van der Waals surface area contributed by atoms with Gasteiger partial charge in [-0.2, -0.15) is 16.8 Å². The van der Waals surface area contributed by atoms with Crippen molar-refractivity contribution in [2.24, 2.45) is 0 Å². The zero-order chi connectivity index (χ0) is 18.6. The number of aromatic nitrogens is 1. The first-order valence-electron chi connectivity index (χ1n) is 6.73. The molecule has 0 bridgehead atoms. The van der Waals surface area contributed by atoms with Crippen molar-refractivity contribution in [1.29, 1.82) is 0 Å². The average Bonchev–Trinajstić information content (AvgIpc) is 2.88. The molecule has 2 aromatic carbocycles. The lowest BCUT2D eigenvalue weighted by Gasteiger charge is -2.06. The summed E-state index contributed by atoms with van der Waals surface area (Å²) in [7, 11) is -9.27. The van der Waals surface area contributed by atoms with Crippen LogP contribution in [0.4, 0.5) is 5.69 Å². The summed E-state index contributed by atoms with van der Waals surface area (Å²) in [5, 5.41) is 0.315. The fourth-order valence-electron chi connectivity index (χ4n) is 2.42. The quantitative estimate of drug-likeness (QED) is 0.448. The van der Waals surface area contributed by atoms with E-state index in [4.69, 9.17) is 5.73 Å². The minimum Gasteiger partial charge on any atom is -0.399 e. The molecular formula is C14H12N2O6S3. The molecule has 3 aromatic rings. The van der Waals surface area contributed by atoms with Crippen LogP contribution in [-0.2, 0) is 20.2 Å². The van der Waals surface area contributed by atoms with Crippen molar-refractivity contribution < 1.29 is 25.9 Å². The molecule has 1 heterocycles. The van der Waals surface area contributed by atoms with Gasteiger partial charge in [0.15, 0.2) is 0 Å². The number of nitrogens with two attached hydrogens (primary N) is 1. The zero-order valence-corrected chi connectivity index (χ0v) is 15.1. The number of hydrogen-bond acceptors (Lipinski definition) is 7. The third-order valence-electron chi connectivity index (χ3n) is 3.47. The Morgan fingerprint density at radius 3 is 2.16 bits per heavy atom. The first-order chi connectivity index (χ1) is 11.5. The molecule has 8 nitrogen and oxygen atoms in total. The van der Waals surface area contributed by atoms with E-state index in [2.05, 4.69) is 4.98 Å². The van der Waals surface area contributed by atoms with E-state index in [1.165, 1.54) is 6.92 Å².